The van der Waals surface area contributed by atoms with Crippen molar-refractivity contribution in [3.05, 3.63) is 40.2 Å². The summed E-state index contributed by atoms with van der Waals surface area (Å²) < 4.78 is 28.7. The minimum Gasteiger partial charge on any atom is -0.350 e. The molecule has 0 aliphatic heterocycles. The first kappa shape index (κ1) is 21.5. The van der Waals surface area contributed by atoms with Crippen molar-refractivity contribution in [2.45, 2.75) is 56.9 Å². The summed E-state index contributed by atoms with van der Waals surface area (Å²) in [6.07, 6.45) is 6.70. The van der Waals surface area contributed by atoms with Gasteiger partial charge in [0.15, 0.2) is 0 Å². The highest BCUT2D eigenvalue weighted by atomic mass is 32.2. The highest BCUT2D eigenvalue weighted by Crippen LogP contribution is 2.21. The first-order valence-corrected chi connectivity index (χ1v) is 11.7. The van der Waals surface area contributed by atoms with Crippen LogP contribution in [0.4, 0.5) is 0 Å². The zero-order chi connectivity index (χ0) is 21.2. The third kappa shape index (κ3) is 4.23. The number of benzene rings is 1. The molecule has 1 aromatic carbocycles. The van der Waals surface area contributed by atoms with Gasteiger partial charge in [0.1, 0.15) is 5.56 Å². The maximum atomic E-state index is 13.1. The summed E-state index contributed by atoms with van der Waals surface area (Å²) in [5, 5.41) is 3.20. The molecular weight excluding hydrogens is 390 g/mol. The zero-order valence-electron chi connectivity index (χ0n) is 17.3. The Hall–Kier alpha value is -2.19. The Morgan fingerprint density at radius 2 is 1.83 bits per heavy atom. The van der Waals surface area contributed by atoms with Gasteiger partial charge >= 0.3 is 0 Å². The molecule has 29 heavy (non-hydrogen) atoms. The van der Waals surface area contributed by atoms with Crippen LogP contribution in [0.3, 0.4) is 0 Å². The van der Waals surface area contributed by atoms with Crippen molar-refractivity contribution < 1.29 is 13.2 Å². The summed E-state index contributed by atoms with van der Waals surface area (Å²) in [6, 6.07) is 4.61. The number of nitrogens with zero attached hydrogens (tertiary/aromatic N) is 2. The molecule has 158 valence electrons. The maximum Gasteiger partial charge on any atom is 0.256 e. The van der Waals surface area contributed by atoms with Gasteiger partial charge in [0.05, 0.1) is 10.4 Å². The van der Waals surface area contributed by atoms with Crippen LogP contribution in [-0.4, -0.2) is 42.3 Å². The van der Waals surface area contributed by atoms with E-state index in [2.05, 4.69) is 5.32 Å². The monoisotopic (exact) mass is 419 g/mol. The number of sulfonamides is 1. The Morgan fingerprint density at radius 1 is 1.17 bits per heavy atom. The smallest absolute Gasteiger partial charge is 0.256 e. The van der Waals surface area contributed by atoms with E-state index in [4.69, 9.17) is 0 Å². The van der Waals surface area contributed by atoms with Crippen LogP contribution in [0.15, 0.2) is 34.1 Å². The number of aryl methyl sites for hydroxylation is 1. The van der Waals surface area contributed by atoms with Crippen molar-refractivity contribution in [3.63, 3.8) is 0 Å². The van der Waals surface area contributed by atoms with E-state index < -0.39 is 21.4 Å². The van der Waals surface area contributed by atoms with Gasteiger partial charge in [-0.15, -0.1) is 0 Å². The van der Waals surface area contributed by atoms with Crippen molar-refractivity contribution >= 4 is 26.8 Å². The zero-order valence-corrected chi connectivity index (χ0v) is 18.1. The SMILES string of the molecule is CCN(CC)S(=O)(=O)c1ccc2c(c1)c(=O)c(C(=O)NC1CCCCC1)cn2C. The van der Waals surface area contributed by atoms with Gasteiger partial charge in [-0.05, 0) is 31.0 Å². The average Bonchev–Trinajstić information content (AvgIpc) is 2.71. The second kappa shape index (κ2) is 8.67. The predicted molar refractivity (Wildman–Crippen MR) is 114 cm³/mol. The molecule has 1 fully saturated rings. The van der Waals surface area contributed by atoms with E-state index in [0.29, 0.717) is 18.6 Å². The number of aromatic nitrogens is 1. The predicted octanol–water partition coefficient (Wildman–Crippen LogP) is 2.63. The molecule has 1 amide bonds. The minimum atomic E-state index is -3.69. The van der Waals surface area contributed by atoms with E-state index in [9.17, 15) is 18.0 Å². The van der Waals surface area contributed by atoms with Gasteiger partial charge in [-0.25, -0.2) is 8.42 Å². The summed E-state index contributed by atoms with van der Waals surface area (Å²) in [5.41, 5.74) is 0.189. The number of carbonyl (C=O) groups is 1. The van der Waals surface area contributed by atoms with Crippen LogP contribution in [0.2, 0.25) is 0 Å². The number of nitrogens with one attached hydrogen (secondary N) is 1. The molecule has 1 aliphatic rings. The highest BCUT2D eigenvalue weighted by molar-refractivity contribution is 7.89. The Balaban J connectivity index is 2.04. The molecule has 0 unspecified atom stereocenters. The number of hydrogen-bond acceptors (Lipinski definition) is 4. The molecule has 8 heteroatoms. The molecule has 7 nitrogen and oxygen atoms in total. The lowest BCUT2D eigenvalue weighted by Gasteiger charge is -2.23. The summed E-state index contributed by atoms with van der Waals surface area (Å²) >= 11 is 0. The number of fused-ring (bicyclic) bond motifs is 1. The first-order chi connectivity index (χ1) is 13.8. The van der Waals surface area contributed by atoms with Crippen LogP contribution < -0.4 is 10.7 Å². The summed E-state index contributed by atoms with van der Waals surface area (Å²) in [7, 11) is -1.95. The van der Waals surface area contributed by atoms with Gasteiger partial charge < -0.3 is 9.88 Å². The van der Waals surface area contributed by atoms with Crippen molar-refractivity contribution in [2.75, 3.05) is 13.1 Å². The van der Waals surface area contributed by atoms with E-state index >= 15 is 0 Å². The quantitative estimate of drug-likeness (QED) is 0.780. The third-order valence-electron chi connectivity index (χ3n) is 5.69. The summed E-state index contributed by atoms with van der Waals surface area (Å²) in [6.45, 7) is 4.24. The van der Waals surface area contributed by atoms with Gasteiger partial charge in [0, 0.05) is 37.8 Å². The van der Waals surface area contributed by atoms with Gasteiger partial charge in [-0.2, -0.15) is 4.31 Å². The third-order valence-corrected chi connectivity index (χ3v) is 7.73. The molecule has 0 spiro atoms. The van der Waals surface area contributed by atoms with Gasteiger partial charge in [0.25, 0.3) is 5.91 Å². The molecule has 1 N–H and O–H groups in total. The van der Waals surface area contributed by atoms with E-state index in [1.54, 1.807) is 31.5 Å². The largest absolute Gasteiger partial charge is 0.350 e. The lowest BCUT2D eigenvalue weighted by atomic mass is 9.95. The van der Waals surface area contributed by atoms with E-state index in [1.165, 1.54) is 29.1 Å². The Kier molecular flexibility index (Phi) is 6.43. The summed E-state index contributed by atoms with van der Waals surface area (Å²) in [5.74, 6) is -0.392. The topological polar surface area (TPSA) is 88.5 Å². The molecule has 2 aromatic rings. The molecule has 1 aliphatic carbocycles. The first-order valence-electron chi connectivity index (χ1n) is 10.2. The fourth-order valence-electron chi connectivity index (χ4n) is 4.02. The van der Waals surface area contributed by atoms with E-state index in [1.807, 2.05) is 0 Å². The van der Waals surface area contributed by atoms with Crippen LogP contribution in [0.5, 0.6) is 0 Å². The van der Waals surface area contributed by atoms with Crippen molar-refractivity contribution in [2.24, 2.45) is 7.05 Å². The maximum absolute atomic E-state index is 13.1. The molecular formula is C21H29N3O4S. The van der Waals surface area contributed by atoms with Crippen LogP contribution >= 0.6 is 0 Å². The second-order valence-corrected chi connectivity index (χ2v) is 9.50. The molecule has 0 radical (unpaired) electrons. The van der Waals surface area contributed by atoms with Crippen molar-refractivity contribution in [3.8, 4) is 0 Å². The number of rotatable bonds is 6. The van der Waals surface area contributed by atoms with E-state index in [-0.39, 0.29) is 21.9 Å². The molecule has 1 aromatic heterocycles. The van der Waals surface area contributed by atoms with Crippen LogP contribution in [-0.2, 0) is 17.1 Å². The van der Waals surface area contributed by atoms with Crippen molar-refractivity contribution in [1.29, 1.82) is 0 Å². The molecule has 1 heterocycles. The van der Waals surface area contributed by atoms with Gasteiger partial charge in [-0.1, -0.05) is 33.1 Å². The molecule has 1 saturated carbocycles. The summed E-state index contributed by atoms with van der Waals surface area (Å²) in [4.78, 5) is 25.9. The Bertz CT molecular complexity index is 1070. The lowest BCUT2D eigenvalue weighted by Crippen LogP contribution is -2.38. The number of hydrogen-bond donors (Lipinski definition) is 1. The lowest BCUT2D eigenvalue weighted by molar-refractivity contribution is 0.0926. The molecule has 0 atom stereocenters. The Morgan fingerprint density at radius 3 is 2.45 bits per heavy atom. The standard InChI is InChI=1S/C21H29N3O4S/c1-4-24(5-2)29(27,28)16-11-12-19-17(13-16)20(25)18(14-23(19)3)21(26)22-15-9-7-6-8-10-15/h11-15H,4-10H2,1-3H3,(H,22,26). The van der Waals surface area contributed by atoms with Crippen LogP contribution in [0.25, 0.3) is 10.9 Å². The normalized spacial score (nSPS) is 15.7. The fraction of sp³-hybridized carbons (Fsp3) is 0.524. The van der Waals surface area contributed by atoms with Crippen LogP contribution in [0, 0.1) is 0 Å². The Labute approximate surface area is 171 Å². The second-order valence-electron chi connectivity index (χ2n) is 7.56. The average molecular weight is 420 g/mol. The fourth-order valence-corrected chi connectivity index (χ4v) is 5.50. The van der Waals surface area contributed by atoms with Crippen molar-refractivity contribution in [1.82, 2.24) is 14.2 Å². The number of carbonyl (C=O) groups excluding carboxylic acids is 1. The number of amides is 1. The highest BCUT2D eigenvalue weighted by Gasteiger charge is 2.24. The van der Waals surface area contributed by atoms with Gasteiger partial charge in [-0.3, -0.25) is 9.59 Å². The van der Waals surface area contributed by atoms with Crippen LogP contribution in [0.1, 0.15) is 56.3 Å². The molecule has 3 rings (SSSR count). The number of pyridine rings is 1. The molecule has 0 saturated heterocycles. The molecule has 0 bridgehead atoms. The minimum absolute atomic E-state index is 0.0444. The van der Waals surface area contributed by atoms with Gasteiger partial charge in [0.2, 0.25) is 15.5 Å². The van der Waals surface area contributed by atoms with E-state index in [0.717, 1.165) is 25.7 Å².